The monoisotopic (exact) mass is 1920 g/mol. The van der Waals surface area contributed by atoms with Crippen molar-refractivity contribution in [2.75, 3.05) is 66.4 Å². The maximum absolute atomic E-state index is 15.0. The maximum Gasteiger partial charge on any atom is 0.410 e. The lowest BCUT2D eigenvalue weighted by Crippen LogP contribution is -2.60. The summed E-state index contributed by atoms with van der Waals surface area (Å²) in [6.45, 7) is 27.3. The van der Waals surface area contributed by atoms with Gasteiger partial charge in [-0.25, -0.2) is 9.59 Å². The summed E-state index contributed by atoms with van der Waals surface area (Å²) in [5.41, 5.74) is 8.00. The first kappa shape index (κ1) is 103. The Morgan fingerprint density at radius 2 is 1.30 bits per heavy atom. The zero-order valence-corrected chi connectivity index (χ0v) is 79.2. The fraction of sp³-hybridized carbons (Fsp3) is 0.719. The Bertz CT molecular complexity index is 3850. The van der Waals surface area contributed by atoms with E-state index in [0.29, 0.717) is 63.0 Å². The molecule has 2 aromatic rings. The smallest absolute Gasteiger partial charge is 0.410 e. The fourth-order valence-electron chi connectivity index (χ4n) is 17.9. The number of ether oxygens (including phenoxy) is 4. The second kappa shape index (κ2) is 47.8. The number of likely N-dealkylation sites (tertiary alicyclic amines) is 1. The van der Waals surface area contributed by atoms with Crippen molar-refractivity contribution in [3.05, 3.63) is 65.2 Å². The highest BCUT2D eigenvalue weighted by molar-refractivity contribution is 14.1. The molecule has 0 spiro atoms. The van der Waals surface area contributed by atoms with E-state index in [1.807, 2.05) is 52.8 Å². The van der Waals surface area contributed by atoms with Crippen LogP contribution in [0.5, 0.6) is 0 Å². The summed E-state index contributed by atoms with van der Waals surface area (Å²) >= 11 is 4.64. The number of hydrogen-bond acceptors (Lipinski definition) is 18. The Labute approximate surface area is 744 Å². The van der Waals surface area contributed by atoms with Gasteiger partial charge in [0.25, 0.3) is 0 Å². The largest absolute Gasteiger partial charge is 0.445 e. The molecular weight excluding hydrogens is 1780 g/mol. The van der Waals surface area contributed by atoms with E-state index in [2.05, 4.69) is 97.0 Å². The minimum atomic E-state index is -1.25. The molecule has 4 fully saturated rings. The van der Waals surface area contributed by atoms with E-state index in [1.165, 1.54) is 38.2 Å². The third-order valence-corrected chi connectivity index (χ3v) is 28.0. The Kier molecular flexibility index (Phi) is 40.6. The Balaban J connectivity index is 1.06. The molecule has 121 heavy (non-hydrogen) atoms. The van der Waals surface area contributed by atoms with Gasteiger partial charge in [0.15, 0.2) is 0 Å². The van der Waals surface area contributed by atoms with Crippen molar-refractivity contribution >= 4 is 128 Å². The summed E-state index contributed by atoms with van der Waals surface area (Å²) in [5.74, 6) is -8.71. The van der Waals surface area contributed by atoms with E-state index in [-0.39, 0.29) is 99.5 Å². The number of methoxy groups -OCH3 is 2. The van der Waals surface area contributed by atoms with Crippen LogP contribution in [0.25, 0.3) is 0 Å². The normalized spacial score (nSPS) is 22.4. The van der Waals surface area contributed by atoms with Crippen LogP contribution in [0.1, 0.15) is 242 Å². The van der Waals surface area contributed by atoms with Gasteiger partial charge in [-0.15, -0.1) is 0 Å². The first-order chi connectivity index (χ1) is 57.0. The van der Waals surface area contributed by atoms with Gasteiger partial charge in [-0.2, -0.15) is 0 Å². The number of likely N-dealkylation sites (N-methyl/N-ethyl adjacent to an activating group) is 2. The fourth-order valence-corrected chi connectivity index (χ4v) is 22.4. The van der Waals surface area contributed by atoms with Crippen LogP contribution in [0.3, 0.4) is 0 Å². The Morgan fingerprint density at radius 1 is 0.678 bits per heavy atom. The number of amides is 14. The summed E-state index contributed by atoms with van der Waals surface area (Å²) in [4.78, 5) is 190. The maximum atomic E-state index is 15.0. The molecule has 2 aromatic carbocycles. The van der Waals surface area contributed by atoms with Crippen molar-refractivity contribution in [3.8, 4) is 0 Å². The van der Waals surface area contributed by atoms with Gasteiger partial charge in [0, 0.05) is 66.8 Å². The number of hydrogen-bond donors (Lipinski definition) is 8. The lowest BCUT2D eigenvalue weighted by molar-refractivity contribution is -0.148. The van der Waals surface area contributed by atoms with Gasteiger partial charge in [0.1, 0.15) is 37.4 Å². The van der Waals surface area contributed by atoms with Crippen molar-refractivity contribution in [2.45, 2.75) is 299 Å². The zero-order valence-electron chi connectivity index (χ0n) is 74.9. The molecule has 4 heterocycles. The number of imide groups is 2. The number of nitrogens with zero attached hydrogens (tertiary/aromatic N) is 5. The van der Waals surface area contributed by atoms with Crippen molar-refractivity contribution in [1.29, 1.82) is 0 Å². The minimum Gasteiger partial charge on any atom is -0.445 e. The molecule has 4 aliphatic heterocycles. The van der Waals surface area contributed by atoms with Gasteiger partial charge in [0.2, 0.25) is 65.0 Å². The molecule has 18 atom stereocenters. The van der Waals surface area contributed by atoms with Crippen LogP contribution in [0.15, 0.2) is 48.5 Å². The number of rotatable bonds is 45. The molecule has 30 nitrogen and oxygen atoms in total. The topological polar surface area (TPSA) is 393 Å². The number of halogens is 2. The second-order valence-electron chi connectivity index (χ2n) is 35.4. The summed E-state index contributed by atoms with van der Waals surface area (Å²) in [6.07, 6.45) is 5.16. The number of nitrogens with two attached hydrogens (primary N) is 1. The summed E-state index contributed by atoms with van der Waals surface area (Å²) in [7, 11) is 6.09. The number of aliphatic hydroxyl groups is 1. The van der Waals surface area contributed by atoms with Gasteiger partial charge in [-0.05, 0) is 129 Å². The minimum absolute atomic E-state index is 0.00932. The van der Waals surface area contributed by atoms with Crippen molar-refractivity contribution in [3.63, 3.8) is 0 Å². The van der Waals surface area contributed by atoms with Crippen molar-refractivity contribution in [1.82, 2.24) is 51.1 Å². The average molecular weight is 1920 g/mol. The molecule has 6 rings (SSSR count). The molecule has 4 bridgehead atoms. The molecule has 14 amide bonds. The number of anilines is 1. The number of nitrogens with one attached hydrogen (secondary N) is 6. The third kappa shape index (κ3) is 27.7. The van der Waals surface area contributed by atoms with Crippen LogP contribution in [0.2, 0.25) is 0 Å². The highest BCUT2D eigenvalue weighted by Gasteiger charge is 2.59. The average Bonchev–Trinajstić information content (AvgIpc) is 1.58. The van der Waals surface area contributed by atoms with E-state index in [1.54, 1.807) is 96.5 Å². The van der Waals surface area contributed by atoms with Crippen LogP contribution >= 0.6 is 45.2 Å². The molecule has 0 saturated carbocycles. The summed E-state index contributed by atoms with van der Waals surface area (Å²) in [5, 5.41) is 28.3. The number of carbonyl (C=O) groups is 13. The lowest BCUT2D eigenvalue weighted by Gasteiger charge is -2.43. The molecule has 0 radical (unpaired) electrons. The number of unbranched alkanes of at least 4 members (excludes halogenated alkanes) is 2. The van der Waals surface area contributed by atoms with E-state index < -0.39 is 169 Å². The highest BCUT2D eigenvalue weighted by atomic mass is 127. The van der Waals surface area contributed by atoms with Gasteiger partial charge in [-0.3, -0.25) is 67.4 Å². The Hall–Kier alpha value is -7.15. The first-order valence-electron chi connectivity index (χ1n) is 43.7. The molecule has 678 valence electrons. The van der Waals surface area contributed by atoms with E-state index in [4.69, 9.17) is 24.7 Å². The molecule has 4 aliphatic rings. The van der Waals surface area contributed by atoms with Gasteiger partial charge in [0.05, 0.1) is 79.8 Å². The predicted molar refractivity (Wildman–Crippen MR) is 478 cm³/mol. The number of aliphatic hydroxyl groups excluding tert-OH is 1. The van der Waals surface area contributed by atoms with E-state index in [0.717, 1.165) is 41.0 Å². The third-order valence-electron chi connectivity index (χ3n) is 24.7. The van der Waals surface area contributed by atoms with Crippen molar-refractivity contribution < 1.29 is 86.4 Å². The standard InChI is InChI=1S/C89H140I2N12O18/c1-20-24-25-29-59(23-4)60-30-26-31-61(41-60)77(108)57(15)94-79(109)56(14)78(119-19)67-33-28-40-101(67)72(107)44-68(118-18)76(55(13)22-3)99(16)85(115)74(53(9)10)98-82(112)75(54(11)12)100(17)87(117)121-48-58-34-36-62(37-35-58)95-80(110)66(32-27-39-93-86(92)116)96-81(111)73(52(7)8)97-69(104)49-120-63-46-102-70(105)42-64(83(102)113)88(90,38-21-2)50-89(91,45-51(5)6)65-43-71(106)103(47-63)84(65)114/h26,30-31,34-37,41,51-57,59,63-68,73-78,108H,20-25,27-29,32-33,38-40,42-50H2,1-19H3,(H,94,109)(H,95,110)(H,96,111)(H,97,104)(H,98,112)(H3,92,93,116)/t55-,56+,57+,59?,63?,64?,65?,66-,67-,68+,73-,74-,75-,76-,77+,78+,88?,89?/m0/s1. The molecule has 9 N–H and O–H groups in total. The van der Waals surface area contributed by atoms with Crippen molar-refractivity contribution in [2.24, 2.45) is 53.1 Å². The molecule has 0 aliphatic carbocycles. The number of fused-ring (bicyclic) bond motifs is 4. The molecular formula is C89H140I2N12O18. The predicted octanol–water partition coefficient (Wildman–Crippen LogP) is 10.4. The Morgan fingerprint density at radius 3 is 1.85 bits per heavy atom. The van der Waals surface area contributed by atoms with Crippen LogP contribution < -0.4 is 37.6 Å². The number of alkyl halides is 2. The molecule has 6 unspecified atom stereocenters. The molecule has 0 aromatic heterocycles. The van der Waals surface area contributed by atoms with E-state index >= 15 is 4.79 Å². The van der Waals surface area contributed by atoms with Gasteiger partial charge in [-0.1, -0.05) is 211 Å². The lowest BCUT2D eigenvalue weighted by atomic mass is 9.73. The van der Waals surface area contributed by atoms with Gasteiger partial charge >= 0.3 is 12.1 Å². The summed E-state index contributed by atoms with van der Waals surface area (Å²) in [6, 6.07) is 7.03. The van der Waals surface area contributed by atoms with Crippen LogP contribution in [0.4, 0.5) is 15.3 Å². The molecule has 4 saturated heterocycles. The number of carbonyl (C=O) groups excluding carboxylic acids is 13. The van der Waals surface area contributed by atoms with Crippen LogP contribution in [0, 0.1) is 47.3 Å². The van der Waals surface area contributed by atoms with Gasteiger partial charge < -0.3 is 71.5 Å². The zero-order chi connectivity index (χ0) is 90.2. The highest BCUT2D eigenvalue weighted by Crippen LogP contribution is 2.54. The number of primary amides is 1. The van der Waals surface area contributed by atoms with Crippen LogP contribution in [-0.4, -0.2) is 235 Å². The first-order valence-corrected chi connectivity index (χ1v) is 45.8. The SMILES string of the molecule is CCCCCC(CC)c1cccc([C@H](O)[C@@H](C)NC(=O)[C@H](C)[C@@H](OC)[C@@H]2CCCN2C(=O)C[C@@H](OC)[C@H]([C@@H](C)CC)N(C)C(=O)[C@@H](NC(=O)[C@H](C(C)C)N(C)C(=O)OCc2ccc(NC(=O)[C@H](CCCNC(N)=O)NC(=O)[C@@H](NC(=O)COC3CN4C(=O)CC(C4=O)C(I)(CCC)CC(I)(CC(C)C)C4CC(=O)N(C3)C4=O)C(C)C)cc2)C(C)C)c1. The molecule has 32 heteroatoms. The quantitative estimate of drug-likeness (QED) is 0.0132. The summed E-state index contributed by atoms with van der Waals surface area (Å²) < 4.78 is 22.7. The van der Waals surface area contributed by atoms with Crippen LogP contribution in [-0.2, 0) is 78.3 Å². The number of benzene rings is 2. The number of urea groups is 1. The second-order valence-corrected chi connectivity index (χ2v) is 39.7. The van der Waals surface area contributed by atoms with E-state index in [9.17, 15) is 62.6 Å².